The van der Waals surface area contributed by atoms with Crippen molar-refractivity contribution in [3.05, 3.63) is 42.0 Å². The molecule has 1 aliphatic rings. The van der Waals surface area contributed by atoms with Gasteiger partial charge in [0.1, 0.15) is 0 Å². The third-order valence-corrected chi connectivity index (χ3v) is 4.12. The number of hydrogen-bond acceptors (Lipinski definition) is 4. The van der Waals surface area contributed by atoms with Crippen molar-refractivity contribution in [2.24, 2.45) is 5.92 Å². The van der Waals surface area contributed by atoms with E-state index in [0.717, 1.165) is 5.92 Å². The van der Waals surface area contributed by atoms with Crippen LogP contribution in [0.4, 0.5) is 5.69 Å². The Bertz CT molecular complexity index is 545. The fraction of sp³-hybridized carbons (Fsp3) is 0.474. The number of aryl methyl sites for hydroxylation is 1. The minimum absolute atomic E-state index is 0.558. The highest BCUT2D eigenvalue weighted by molar-refractivity contribution is 5.89. The summed E-state index contributed by atoms with van der Waals surface area (Å²) in [5, 5.41) is 19.1. The highest BCUT2D eigenvalue weighted by Crippen LogP contribution is 2.20. The maximum Gasteiger partial charge on any atom is 0.328 e. The van der Waals surface area contributed by atoms with Gasteiger partial charge in [-0.25, -0.2) is 9.59 Å². The Morgan fingerprint density at radius 3 is 2.04 bits per heavy atom. The molecule has 0 unspecified atom stereocenters. The minimum Gasteiger partial charge on any atom is -0.478 e. The Morgan fingerprint density at radius 2 is 1.60 bits per heavy atom. The van der Waals surface area contributed by atoms with Gasteiger partial charge in [-0.1, -0.05) is 12.1 Å². The maximum atomic E-state index is 9.55. The van der Waals surface area contributed by atoms with E-state index in [2.05, 4.69) is 48.6 Å². The SMILES string of the molecule is CN(C)c1ccc(CCC2CCNCC2)cc1.O=C(O)/C=C/C(=O)O. The molecule has 3 N–H and O–H groups in total. The Hall–Kier alpha value is -2.34. The molecule has 0 aliphatic carbocycles. The van der Waals surface area contributed by atoms with Crippen molar-refractivity contribution >= 4 is 17.6 Å². The van der Waals surface area contributed by atoms with Crippen LogP contribution >= 0.6 is 0 Å². The van der Waals surface area contributed by atoms with Crippen LogP contribution in [0.1, 0.15) is 24.8 Å². The van der Waals surface area contributed by atoms with Crippen molar-refractivity contribution in [3.63, 3.8) is 0 Å². The minimum atomic E-state index is -1.26. The number of carbonyl (C=O) groups is 2. The van der Waals surface area contributed by atoms with Crippen LogP contribution < -0.4 is 10.2 Å². The van der Waals surface area contributed by atoms with Crippen molar-refractivity contribution in [1.29, 1.82) is 0 Å². The number of carboxylic acid groups (broad SMARTS) is 2. The maximum absolute atomic E-state index is 9.55. The van der Waals surface area contributed by atoms with Gasteiger partial charge in [-0.05, 0) is 62.4 Å². The molecule has 1 heterocycles. The van der Waals surface area contributed by atoms with Gasteiger partial charge < -0.3 is 20.4 Å². The normalized spacial score (nSPS) is 14.6. The van der Waals surface area contributed by atoms with E-state index in [1.807, 2.05) is 0 Å². The molecule has 1 aromatic carbocycles. The Morgan fingerprint density at radius 1 is 1.08 bits per heavy atom. The molecule has 0 bridgehead atoms. The van der Waals surface area contributed by atoms with Crippen LogP contribution in [0.25, 0.3) is 0 Å². The van der Waals surface area contributed by atoms with Crippen molar-refractivity contribution < 1.29 is 19.8 Å². The average Bonchev–Trinajstić information content (AvgIpc) is 2.60. The lowest BCUT2D eigenvalue weighted by atomic mass is 9.91. The van der Waals surface area contributed by atoms with Crippen molar-refractivity contribution in [1.82, 2.24) is 5.32 Å². The smallest absolute Gasteiger partial charge is 0.328 e. The lowest BCUT2D eigenvalue weighted by molar-refractivity contribution is -0.134. The highest BCUT2D eigenvalue weighted by atomic mass is 16.4. The summed E-state index contributed by atoms with van der Waals surface area (Å²) in [6.07, 6.45) is 6.41. The van der Waals surface area contributed by atoms with Gasteiger partial charge in [0.2, 0.25) is 0 Å². The van der Waals surface area contributed by atoms with E-state index >= 15 is 0 Å². The van der Waals surface area contributed by atoms with Crippen molar-refractivity contribution in [2.75, 3.05) is 32.1 Å². The van der Waals surface area contributed by atoms with Crippen LogP contribution in [-0.4, -0.2) is 49.3 Å². The second kappa shape index (κ2) is 11.3. The lowest BCUT2D eigenvalue weighted by Crippen LogP contribution is -2.27. The average molecular weight is 348 g/mol. The topological polar surface area (TPSA) is 89.9 Å². The number of aliphatic carboxylic acids is 2. The Kier molecular flexibility index (Phi) is 9.32. The molecule has 1 fully saturated rings. The third kappa shape index (κ3) is 9.52. The predicted molar refractivity (Wildman–Crippen MR) is 99.1 cm³/mol. The largest absolute Gasteiger partial charge is 0.478 e. The number of hydrogen-bond donors (Lipinski definition) is 3. The first kappa shape index (κ1) is 20.7. The second-order valence-electron chi connectivity index (χ2n) is 6.30. The number of anilines is 1. The van der Waals surface area contributed by atoms with E-state index in [1.165, 1.54) is 50.0 Å². The molecule has 1 aromatic rings. The summed E-state index contributed by atoms with van der Waals surface area (Å²) in [6.45, 7) is 2.43. The van der Waals surface area contributed by atoms with Crippen LogP contribution in [0.15, 0.2) is 36.4 Å². The zero-order chi connectivity index (χ0) is 18.7. The lowest BCUT2D eigenvalue weighted by Gasteiger charge is -2.22. The predicted octanol–water partition coefficient (Wildman–Crippen LogP) is 2.40. The molecule has 6 heteroatoms. The number of nitrogens with one attached hydrogen (secondary N) is 1. The van der Waals surface area contributed by atoms with Gasteiger partial charge in [-0.3, -0.25) is 0 Å². The summed E-state index contributed by atoms with van der Waals surface area (Å²) in [7, 11) is 4.17. The zero-order valence-corrected chi connectivity index (χ0v) is 14.9. The third-order valence-electron chi connectivity index (χ3n) is 4.12. The first-order chi connectivity index (χ1) is 11.9. The van der Waals surface area contributed by atoms with Crippen LogP contribution in [0.2, 0.25) is 0 Å². The molecule has 25 heavy (non-hydrogen) atoms. The summed E-state index contributed by atoms with van der Waals surface area (Å²) in [5.41, 5.74) is 2.77. The van der Waals surface area contributed by atoms with Gasteiger partial charge in [-0.2, -0.15) is 0 Å². The molecule has 1 aliphatic heterocycles. The quantitative estimate of drug-likeness (QED) is 0.684. The van der Waals surface area contributed by atoms with Crippen molar-refractivity contribution in [3.8, 4) is 0 Å². The highest BCUT2D eigenvalue weighted by Gasteiger charge is 2.12. The first-order valence-corrected chi connectivity index (χ1v) is 8.49. The molecule has 2 rings (SSSR count). The molecule has 0 amide bonds. The molecule has 0 spiro atoms. The summed E-state index contributed by atoms with van der Waals surface area (Å²) < 4.78 is 0. The summed E-state index contributed by atoms with van der Waals surface area (Å²) in [5.74, 6) is -1.58. The molecular weight excluding hydrogens is 320 g/mol. The van der Waals surface area contributed by atoms with Crippen LogP contribution in [0.5, 0.6) is 0 Å². The van der Waals surface area contributed by atoms with Gasteiger partial charge in [0, 0.05) is 31.9 Å². The summed E-state index contributed by atoms with van der Waals surface area (Å²) in [6, 6.07) is 8.99. The van der Waals surface area contributed by atoms with Crippen LogP contribution in [-0.2, 0) is 16.0 Å². The first-order valence-electron chi connectivity index (χ1n) is 8.49. The monoisotopic (exact) mass is 348 g/mol. The summed E-state index contributed by atoms with van der Waals surface area (Å²) in [4.78, 5) is 21.3. The number of nitrogens with zero attached hydrogens (tertiary/aromatic N) is 1. The molecule has 0 radical (unpaired) electrons. The second-order valence-corrected chi connectivity index (χ2v) is 6.30. The zero-order valence-electron chi connectivity index (χ0n) is 14.9. The standard InChI is InChI=1S/C15H24N2.C4H4O4/c1-17(2)15-7-5-13(6-8-15)3-4-14-9-11-16-12-10-14;5-3(6)1-2-4(7)8/h5-8,14,16H,3-4,9-12H2,1-2H3;1-2H,(H,5,6)(H,7,8)/b;2-1+. The van der Waals surface area contributed by atoms with Gasteiger partial charge in [0.05, 0.1) is 0 Å². The fourth-order valence-corrected chi connectivity index (χ4v) is 2.64. The van der Waals surface area contributed by atoms with Crippen LogP contribution in [0, 0.1) is 5.92 Å². The summed E-state index contributed by atoms with van der Waals surface area (Å²) >= 11 is 0. The number of carboxylic acids is 2. The van der Waals surface area contributed by atoms with Gasteiger partial charge >= 0.3 is 11.9 Å². The fourth-order valence-electron chi connectivity index (χ4n) is 2.64. The molecule has 6 nitrogen and oxygen atoms in total. The molecule has 138 valence electrons. The molecule has 0 aromatic heterocycles. The van der Waals surface area contributed by atoms with Crippen molar-refractivity contribution in [2.45, 2.75) is 25.7 Å². The molecule has 1 saturated heterocycles. The van der Waals surface area contributed by atoms with Gasteiger partial charge in [-0.15, -0.1) is 0 Å². The van der Waals surface area contributed by atoms with E-state index < -0.39 is 11.9 Å². The van der Waals surface area contributed by atoms with Crippen LogP contribution in [0.3, 0.4) is 0 Å². The van der Waals surface area contributed by atoms with Gasteiger partial charge in [0.15, 0.2) is 0 Å². The molecule has 0 atom stereocenters. The van der Waals surface area contributed by atoms with E-state index in [-0.39, 0.29) is 0 Å². The van der Waals surface area contributed by atoms with E-state index in [4.69, 9.17) is 10.2 Å². The Balaban J connectivity index is 0.000000333. The number of piperidine rings is 1. The van der Waals surface area contributed by atoms with E-state index in [0.29, 0.717) is 12.2 Å². The molecular formula is C19H28N2O4. The van der Waals surface area contributed by atoms with E-state index in [9.17, 15) is 9.59 Å². The number of benzene rings is 1. The van der Waals surface area contributed by atoms with E-state index in [1.54, 1.807) is 0 Å². The van der Waals surface area contributed by atoms with Gasteiger partial charge in [0.25, 0.3) is 0 Å². The Labute approximate surface area is 149 Å². The number of rotatable bonds is 6. The molecule has 0 saturated carbocycles.